The van der Waals surface area contributed by atoms with Crippen molar-refractivity contribution in [3.05, 3.63) is 0 Å². The molecular formula is C15H31N. The summed E-state index contributed by atoms with van der Waals surface area (Å²) >= 11 is 0. The molecular weight excluding hydrogens is 194 g/mol. The quantitative estimate of drug-likeness (QED) is 0.738. The van der Waals surface area contributed by atoms with E-state index in [1.807, 2.05) is 0 Å². The number of hydrogen-bond acceptors (Lipinski definition) is 1. The molecule has 0 aromatic rings. The smallest absolute Gasteiger partial charge is 0.00104 e. The van der Waals surface area contributed by atoms with E-state index in [-0.39, 0.29) is 0 Å². The van der Waals surface area contributed by atoms with Crippen LogP contribution < -0.4 is 5.32 Å². The molecule has 0 saturated heterocycles. The topological polar surface area (TPSA) is 12.0 Å². The predicted molar refractivity (Wildman–Crippen MR) is 72.7 cm³/mol. The summed E-state index contributed by atoms with van der Waals surface area (Å²) < 4.78 is 0. The van der Waals surface area contributed by atoms with Crippen LogP contribution in [0.2, 0.25) is 0 Å². The zero-order valence-electron chi connectivity index (χ0n) is 12.0. The largest absolute Gasteiger partial charge is 0.314 e. The van der Waals surface area contributed by atoms with E-state index in [2.05, 4.69) is 39.9 Å². The number of hydrogen-bond donors (Lipinski definition) is 1. The molecule has 0 aromatic heterocycles. The molecule has 96 valence electrons. The molecule has 1 rings (SSSR count). The van der Waals surface area contributed by atoms with Gasteiger partial charge in [0.15, 0.2) is 0 Å². The average Bonchev–Trinajstić information content (AvgIpc) is 2.15. The highest BCUT2D eigenvalue weighted by molar-refractivity contribution is 4.86. The van der Waals surface area contributed by atoms with Crippen molar-refractivity contribution in [2.24, 2.45) is 17.3 Å². The Labute approximate surface area is 102 Å². The molecule has 0 heterocycles. The van der Waals surface area contributed by atoms with Gasteiger partial charge in [-0.05, 0) is 43.1 Å². The molecule has 1 nitrogen and oxygen atoms in total. The lowest BCUT2D eigenvalue weighted by molar-refractivity contribution is 0.108. The van der Waals surface area contributed by atoms with Crippen LogP contribution in [0, 0.1) is 17.3 Å². The minimum Gasteiger partial charge on any atom is -0.314 e. The standard InChI is InChI=1S/C15H31N/c1-6-7-13-10-15(4,5)9-8-14(13)11-16-12(2)3/h12-14,16H,6-11H2,1-5H3. The molecule has 1 heteroatoms. The lowest BCUT2D eigenvalue weighted by Gasteiger charge is -2.41. The zero-order chi connectivity index (χ0) is 12.2. The van der Waals surface area contributed by atoms with Crippen LogP contribution in [-0.4, -0.2) is 12.6 Å². The molecule has 1 fully saturated rings. The van der Waals surface area contributed by atoms with E-state index in [9.17, 15) is 0 Å². The van der Waals surface area contributed by atoms with E-state index in [0.29, 0.717) is 11.5 Å². The summed E-state index contributed by atoms with van der Waals surface area (Å²) in [6.07, 6.45) is 7.05. The van der Waals surface area contributed by atoms with Crippen molar-refractivity contribution in [2.45, 2.75) is 72.8 Å². The van der Waals surface area contributed by atoms with Gasteiger partial charge in [-0.2, -0.15) is 0 Å². The summed E-state index contributed by atoms with van der Waals surface area (Å²) in [5, 5.41) is 3.63. The van der Waals surface area contributed by atoms with E-state index >= 15 is 0 Å². The van der Waals surface area contributed by atoms with Crippen molar-refractivity contribution in [1.29, 1.82) is 0 Å². The van der Waals surface area contributed by atoms with Crippen LogP contribution in [-0.2, 0) is 0 Å². The van der Waals surface area contributed by atoms with Crippen LogP contribution in [0.25, 0.3) is 0 Å². The second kappa shape index (κ2) is 6.05. The summed E-state index contributed by atoms with van der Waals surface area (Å²) in [6, 6.07) is 0.636. The first-order valence-corrected chi connectivity index (χ1v) is 7.18. The van der Waals surface area contributed by atoms with Crippen LogP contribution in [0.5, 0.6) is 0 Å². The van der Waals surface area contributed by atoms with Gasteiger partial charge >= 0.3 is 0 Å². The van der Waals surface area contributed by atoms with Crippen molar-refractivity contribution < 1.29 is 0 Å². The molecule has 2 atom stereocenters. The van der Waals surface area contributed by atoms with E-state index in [1.165, 1.54) is 38.6 Å². The van der Waals surface area contributed by atoms with Gasteiger partial charge in [-0.3, -0.25) is 0 Å². The maximum atomic E-state index is 3.63. The van der Waals surface area contributed by atoms with Crippen LogP contribution in [0.4, 0.5) is 0 Å². The Morgan fingerprint density at radius 2 is 1.94 bits per heavy atom. The highest BCUT2D eigenvalue weighted by Gasteiger charge is 2.33. The Morgan fingerprint density at radius 1 is 1.25 bits per heavy atom. The van der Waals surface area contributed by atoms with Gasteiger partial charge in [0.25, 0.3) is 0 Å². The fourth-order valence-electron chi connectivity index (χ4n) is 3.15. The molecule has 16 heavy (non-hydrogen) atoms. The van der Waals surface area contributed by atoms with Gasteiger partial charge in [-0.25, -0.2) is 0 Å². The van der Waals surface area contributed by atoms with E-state index in [0.717, 1.165) is 11.8 Å². The first-order valence-electron chi connectivity index (χ1n) is 7.18. The van der Waals surface area contributed by atoms with E-state index < -0.39 is 0 Å². The van der Waals surface area contributed by atoms with Crippen LogP contribution >= 0.6 is 0 Å². The number of rotatable bonds is 5. The van der Waals surface area contributed by atoms with Gasteiger partial charge in [0, 0.05) is 6.04 Å². The highest BCUT2D eigenvalue weighted by atomic mass is 14.9. The van der Waals surface area contributed by atoms with E-state index in [1.54, 1.807) is 0 Å². The van der Waals surface area contributed by atoms with Gasteiger partial charge < -0.3 is 5.32 Å². The molecule has 1 aliphatic carbocycles. The molecule has 1 N–H and O–H groups in total. The van der Waals surface area contributed by atoms with Crippen molar-refractivity contribution in [3.8, 4) is 0 Å². The third-order valence-corrected chi connectivity index (χ3v) is 4.12. The van der Waals surface area contributed by atoms with Crippen LogP contribution in [0.1, 0.15) is 66.7 Å². The maximum absolute atomic E-state index is 3.63. The Hall–Kier alpha value is -0.0400. The fourth-order valence-corrected chi connectivity index (χ4v) is 3.15. The van der Waals surface area contributed by atoms with Crippen molar-refractivity contribution in [2.75, 3.05) is 6.54 Å². The minimum atomic E-state index is 0.591. The third-order valence-electron chi connectivity index (χ3n) is 4.12. The molecule has 1 saturated carbocycles. The fraction of sp³-hybridized carbons (Fsp3) is 1.00. The second-order valence-corrected chi connectivity index (χ2v) is 6.78. The third kappa shape index (κ3) is 4.45. The van der Waals surface area contributed by atoms with Gasteiger partial charge in [0.1, 0.15) is 0 Å². The predicted octanol–water partition coefficient (Wildman–Crippen LogP) is 4.23. The van der Waals surface area contributed by atoms with Crippen molar-refractivity contribution in [3.63, 3.8) is 0 Å². The van der Waals surface area contributed by atoms with Crippen LogP contribution in [0.3, 0.4) is 0 Å². The van der Waals surface area contributed by atoms with Crippen molar-refractivity contribution >= 4 is 0 Å². The minimum absolute atomic E-state index is 0.591. The Balaban J connectivity index is 2.48. The second-order valence-electron chi connectivity index (χ2n) is 6.78. The lowest BCUT2D eigenvalue weighted by Crippen LogP contribution is -2.38. The maximum Gasteiger partial charge on any atom is 0.00104 e. The van der Waals surface area contributed by atoms with Gasteiger partial charge in [-0.15, -0.1) is 0 Å². The average molecular weight is 225 g/mol. The summed E-state index contributed by atoms with van der Waals surface area (Å²) in [6.45, 7) is 13.0. The molecule has 0 aromatic carbocycles. The summed E-state index contributed by atoms with van der Waals surface area (Å²) in [5.74, 6) is 1.88. The van der Waals surface area contributed by atoms with Gasteiger partial charge in [0.05, 0.1) is 0 Å². The Kier molecular flexibility index (Phi) is 5.30. The highest BCUT2D eigenvalue weighted by Crippen LogP contribution is 2.43. The molecule has 0 aliphatic heterocycles. The normalized spacial score (nSPS) is 29.6. The van der Waals surface area contributed by atoms with Gasteiger partial charge in [0.2, 0.25) is 0 Å². The molecule has 2 unspecified atom stereocenters. The van der Waals surface area contributed by atoms with Gasteiger partial charge in [-0.1, -0.05) is 47.5 Å². The Morgan fingerprint density at radius 3 is 2.50 bits per heavy atom. The molecule has 0 radical (unpaired) electrons. The summed E-state index contributed by atoms with van der Waals surface area (Å²) in [7, 11) is 0. The molecule has 0 spiro atoms. The van der Waals surface area contributed by atoms with E-state index in [4.69, 9.17) is 0 Å². The number of nitrogens with one attached hydrogen (secondary N) is 1. The molecule has 0 bridgehead atoms. The summed E-state index contributed by atoms with van der Waals surface area (Å²) in [4.78, 5) is 0. The monoisotopic (exact) mass is 225 g/mol. The lowest BCUT2D eigenvalue weighted by atomic mass is 9.66. The first kappa shape index (κ1) is 14.0. The SMILES string of the molecule is CCCC1CC(C)(C)CCC1CNC(C)C. The summed E-state index contributed by atoms with van der Waals surface area (Å²) in [5.41, 5.74) is 0.591. The molecule has 0 amide bonds. The first-order chi connectivity index (χ1) is 7.44. The Bertz CT molecular complexity index is 194. The zero-order valence-corrected chi connectivity index (χ0v) is 12.0. The molecule has 1 aliphatic rings. The van der Waals surface area contributed by atoms with Crippen LogP contribution in [0.15, 0.2) is 0 Å². The van der Waals surface area contributed by atoms with Crippen molar-refractivity contribution in [1.82, 2.24) is 5.32 Å².